The Morgan fingerprint density at radius 3 is 2.75 bits per heavy atom. The number of nitrogens with zero attached hydrogens (tertiary/aromatic N) is 1. The summed E-state index contributed by atoms with van der Waals surface area (Å²) in [5.41, 5.74) is 6.29. The van der Waals surface area contributed by atoms with Gasteiger partial charge in [-0.15, -0.1) is 0 Å². The van der Waals surface area contributed by atoms with E-state index in [2.05, 4.69) is 10.2 Å². The zero-order valence-electron chi connectivity index (χ0n) is 11.5. The largest absolute Gasteiger partial charge is 0.370 e. The van der Waals surface area contributed by atoms with Gasteiger partial charge in [0.25, 0.3) is 0 Å². The van der Waals surface area contributed by atoms with E-state index >= 15 is 0 Å². The molecule has 1 unspecified atom stereocenters. The highest BCUT2D eigenvalue weighted by Crippen LogP contribution is 2.18. The van der Waals surface area contributed by atoms with E-state index in [1.807, 2.05) is 30.3 Å². The number of primary amides is 1. The van der Waals surface area contributed by atoms with Crippen LogP contribution in [0.3, 0.4) is 0 Å². The number of hydrogen-bond acceptors (Lipinski definition) is 3. The third-order valence-electron chi connectivity index (χ3n) is 3.56. The molecule has 1 fully saturated rings. The molecule has 2 rings (SSSR count). The molecule has 1 aromatic rings. The summed E-state index contributed by atoms with van der Waals surface area (Å²) in [5.74, 6) is 0.0633. The quantitative estimate of drug-likeness (QED) is 0.794. The highest BCUT2D eigenvalue weighted by Gasteiger charge is 2.24. The van der Waals surface area contributed by atoms with E-state index in [0.29, 0.717) is 25.4 Å². The molecule has 108 valence electrons. The first-order valence-corrected chi connectivity index (χ1v) is 6.95. The summed E-state index contributed by atoms with van der Waals surface area (Å²) in [7, 11) is 0. The van der Waals surface area contributed by atoms with Crippen LogP contribution >= 0.6 is 0 Å². The van der Waals surface area contributed by atoms with Gasteiger partial charge in [-0.25, -0.2) is 0 Å². The van der Waals surface area contributed by atoms with Crippen LogP contribution in [0.4, 0.5) is 0 Å². The lowest BCUT2D eigenvalue weighted by molar-refractivity contribution is -0.122. The molecule has 0 bridgehead atoms. The van der Waals surface area contributed by atoms with Crippen molar-refractivity contribution in [1.29, 1.82) is 0 Å². The number of nitrogens with two attached hydrogens (primary N) is 1. The van der Waals surface area contributed by atoms with E-state index in [4.69, 9.17) is 5.73 Å². The normalized spacial score (nSPS) is 18.9. The number of carbonyl (C=O) groups is 2. The molecular weight excluding hydrogens is 254 g/mol. The van der Waals surface area contributed by atoms with Crippen LogP contribution in [-0.2, 0) is 16.1 Å². The Kier molecular flexibility index (Phi) is 5.12. The fourth-order valence-corrected chi connectivity index (χ4v) is 2.56. The van der Waals surface area contributed by atoms with Gasteiger partial charge in [0.15, 0.2) is 0 Å². The highest BCUT2D eigenvalue weighted by molar-refractivity contribution is 5.78. The molecule has 0 saturated carbocycles. The summed E-state index contributed by atoms with van der Waals surface area (Å²) < 4.78 is 0. The molecule has 1 atom stereocenters. The lowest BCUT2D eigenvalue weighted by Gasteiger charge is -2.15. The molecule has 0 aromatic heterocycles. The smallest absolute Gasteiger partial charge is 0.234 e. The van der Waals surface area contributed by atoms with Crippen LogP contribution in [0.2, 0.25) is 0 Å². The lowest BCUT2D eigenvalue weighted by atomic mass is 10.1. The van der Waals surface area contributed by atoms with Crippen LogP contribution in [0.1, 0.15) is 18.4 Å². The van der Waals surface area contributed by atoms with Gasteiger partial charge in [0, 0.05) is 19.5 Å². The Morgan fingerprint density at radius 1 is 1.30 bits per heavy atom. The average molecular weight is 275 g/mol. The van der Waals surface area contributed by atoms with Crippen molar-refractivity contribution in [2.45, 2.75) is 19.4 Å². The summed E-state index contributed by atoms with van der Waals surface area (Å²) in [5, 5.41) is 2.91. The molecule has 1 aliphatic heterocycles. The number of likely N-dealkylation sites (tertiary alicyclic amines) is 1. The molecule has 0 radical (unpaired) electrons. The number of hydrogen-bond donors (Lipinski definition) is 2. The number of amides is 2. The predicted octanol–water partition coefficient (Wildman–Crippen LogP) is 0.500. The second-order valence-electron chi connectivity index (χ2n) is 5.32. The summed E-state index contributed by atoms with van der Waals surface area (Å²) in [6.07, 6.45) is 1.36. The average Bonchev–Trinajstić information content (AvgIpc) is 2.84. The van der Waals surface area contributed by atoms with Gasteiger partial charge in [-0.05, 0) is 24.4 Å². The summed E-state index contributed by atoms with van der Waals surface area (Å²) in [6, 6.07) is 9.83. The Bertz CT molecular complexity index is 461. The van der Waals surface area contributed by atoms with Gasteiger partial charge in [-0.1, -0.05) is 30.3 Å². The summed E-state index contributed by atoms with van der Waals surface area (Å²) in [4.78, 5) is 24.8. The fourth-order valence-electron chi connectivity index (χ4n) is 2.56. The molecule has 1 aliphatic rings. The van der Waals surface area contributed by atoms with Gasteiger partial charge >= 0.3 is 0 Å². The van der Waals surface area contributed by atoms with Crippen molar-refractivity contribution < 1.29 is 9.59 Å². The van der Waals surface area contributed by atoms with E-state index in [0.717, 1.165) is 25.1 Å². The van der Waals surface area contributed by atoms with Crippen molar-refractivity contribution in [2.75, 3.05) is 19.6 Å². The maximum atomic E-state index is 11.9. The molecule has 0 spiro atoms. The first-order valence-electron chi connectivity index (χ1n) is 6.95. The maximum absolute atomic E-state index is 11.9. The zero-order chi connectivity index (χ0) is 14.4. The number of benzene rings is 1. The standard InChI is InChI=1S/C15H21N3O2/c16-14(19)8-13-6-7-18(10-13)11-15(20)17-9-12-4-2-1-3-5-12/h1-5,13H,6-11H2,(H2,16,19)(H,17,20). The van der Waals surface area contributed by atoms with Crippen LogP contribution in [0.25, 0.3) is 0 Å². The van der Waals surface area contributed by atoms with E-state index in [-0.39, 0.29) is 11.8 Å². The third-order valence-corrected chi connectivity index (χ3v) is 3.56. The Hall–Kier alpha value is -1.88. The van der Waals surface area contributed by atoms with Crippen molar-refractivity contribution in [1.82, 2.24) is 10.2 Å². The van der Waals surface area contributed by atoms with Gasteiger partial charge in [0.1, 0.15) is 0 Å². The lowest BCUT2D eigenvalue weighted by Crippen LogP contribution is -2.36. The Balaban J connectivity index is 1.69. The number of carbonyl (C=O) groups excluding carboxylic acids is 2. The second kappa shape index (κ2) is 7.05. The maximum Gasteiger partial charge on any atom is 0.234 e. The minimum absolute atomic E-state index is 0.0218. The molecule has 1 heterocycles. The molecule has 1 saturated heterocycles. The van der Waals surface area contributed by atoms with Crippen molar-refractivity contribution in [3.8, 4) is 0 Å². The molecule has 5 nitrogen and oxygen atoms in total. The Morgan fingerprint density at radius 2 is 2.05 bits per heavy atom. The molecule has 2 amide bonds. The molecular formula is C15H21N3O2. The highest BCUT2D eigenvalue weighted by atomic mass is 16.2. The first-order chi connectivity index (χ1) is 9.63. The molecule has 3 N–H and O–H groups in total. The second-order valence-corrected chi connectivity index (χ2v) is 5.32. The Labute approximate surface area is 119 Å². The van der Waals surface area contributed by atoms with Crippen LogP contribution < -0.4 is 11.1 Å². The first kappa shape index (κ1) is 14.5. The monoisotopic (exact) mass is 275 g/mol. The molecule has 0 aliphatic carbocycles. The fraction of sp³-hybridized carbons (Fsp3) is 0.467. The van der Waals surface area contributed by atoms with E-state index in [1.54, 1.807) is 0 Å². The number of rotatable bonds is 6. The molecule has 5 heteroatoms. The third kappa shape index (κ3) is 4.66. The van der Waals surface area contributed by atoms with Crippen LogP contribution in [0.15, 0.2) is 30.3 Å². The number of nitrogens with one attached hydrogen (secondary N) is 1. The minimum atomic E-state index is -0.259. The van der Waals surface area contributed by atoms with Crippen LogP contribution in [0, 0.1) is 5.92 Å². The minimum Gasteiger partial charge on any atom is -0.370 e. The van der Waals surface area contributed by atoms with Crippen molar-refractivity contribution in [2.24, 2.45) is 11.7 Å². The van der Waals surface area contributed by atoms with Crippen molar-refractivity contribution >= 4 is 11.8 Å². The van der Waals surface area contributed by atoms with Crippen LogP contribution in [-0.4, -0.2) is 36.3 Å². The van der Waals surface area contributed by atoms with Gasteiger partial charge in [0.05, 0.1) is 6.54 Å². The van der Waals surface area contributed by atoms with Crippen LogP contribution in [0.5, 0.6) is 0 Å². The topological polar surface area (TPSA) is 75.4 Å². The molecule has 20 heavy (non-hydrogen) atoms. The molecule has 1 aromatic carbocycles. The van der Waals surface area contributed by atoms with Crippen molar-refractivity contribution in [3.63, 3.8) is 0 Å². The van der Waals surface area contributed by atoms with E-state index in [1.165, 1.54) is 0 Å². The van der Waals surface area contributed by atoms with Crippen molar-refractivity contribution in [3.05, 3.63) is 35.9 Å². The van der Waals surface area contributed by atoms with Gasteiger partial charge in [-0.2, -0.15) is 0 Å². The van der Waals surface area contributed by atoms with Gasteiger partial charge in [0.2, 0.25) is 11.8 Å². The van der Waals surface area contributed by atoms with Gasteiger partial charge < -0.3 is 11.1 Å². The van der Waals surface area contributed by atoms with Gasteiger partial charge in [-0.3, -0.25) is 14.5 Å². The SMILES string of the molecule is NC(=O)CC1CCN(CC(=O)NCc2ccccc2)C1. The summed E-state index contributed by atoms with van der Waals surface area (Å²) >= 11 is 0. The van der Waals surface area contributed by atoms with E-state index in [9.17, 15) is 9.59 Å². The predicted molar refractivity (Wildman–Crippen MR) is 76.6 cm³/mol. The zero-order valence-corrected chi connectivity index (χ0v) is 11.5. The summed E-state index contributed by atoms with van der Waals surface area (Å²) in [6.45, 7) is 2.58. The van der Waals surface area contributed by atoms with E-state index < -0.39 is 0 Å².